The molecule has 8 nitrogen and oxygen atoms in total. The van der Waals surface area contributed by atoms with Crippen molar-refractivity contribution in [1.82, 2.24) is 24.8 Å². The molecule has 224 valence electrons. The zero-order valence-corrected chi connectivity index (χ0v) is 25.4. The Labute approximate surface area is 256 Å². The lowest BCUT2D eigenvalue weighted by atomic mass is 10.0. The van der Waals surface area contributed by atoms with Gasteiger partial charge in [-0.05, 0) is 39.0 Å². The number of halogens is 3. The van der Waals surface area contributed by atoms with Crippen molar-refractivity contribution in [3.05, 3.63) is 85.7 Å². The predicted octanol–water partition coefficient (Wildman–Crippen LogP) is 6.48. The van der Waals surface area contributed by atoms with E-state index in [1.807, 2.05) is 13.8 Å². The Kier molecular flexibility index (Phi) is 9.34. The van der Waals surface area contributed by atoms with Gasteiger partial charge in [0.25, 0.3) is 17.9 Å². The van der Waals surface area contributed by atoms with Crippen molar-refractivity contribution in [2.75, 3.05) is 32.8 Å². The maximum Gasteiger partial charge on any atom is 0.266 e. The maximum atomic E-state index is 14.4. The fourth-order valence-electron chi connectivity index (χ4n) is 4.80. The van der Waals surface area contributed by atoms with Gasteiger partial charge in [-0.25, -0.2) is 18.7 Å². The molecule has 12 heteroatoms. The van der Waals surface area contributed by atoms with E-state index < -0.39 is 12.0 Å². The Morgan fingerprint density at radius 3 is 2.56 bits per heavy atom. The van der Waals surface area contributed by atoms with Gasteiger partial charge in [-0.1, -0.05) is 41.4 Å². The fraction of sp³-hybridized carbons (Fsp3) is 0.290. The van der Waals surface area contributed by atoms with Crippen molar-refractivity contribution in [3.63, 3.8) is 0 Å². The third-order valence-electron chi connectivity index (χ3n) is 6.81. The molecular formula is C31H30ClF2N5O3S. The van der Waals surface area contributed by atoms with Gasteiger partial charge in [-0.15, -0.1) is 11.3 Å². The molecule has 0 spiro atoms. The number of aromatic nitrogens is 3. The summed E-state index contributed by atoms with van der Waals surface area (Å²) >= 11 is 7.60. The molecule has 1 N–H and O–H groups in total. The lowest BCUT2D eigenvalue weighted by Gasteiger charge is -2.29. The monoisotopic (exact) mass is 625 g/mol. The predicted molar refractivity (Wildman–Crippen MR) is 166 cm³/mol. The first kappa shape index (κ1) is 30.5. The number of carbonyl (C=O) groups is 1. The zero-order chi connectivity index (χ0) is 30.7. The van der Waals surface area contributed by atoms with Crippen molar-refractivity contribution in [2.24, 2.45) is 0 Å². The summed E-state index contributed by atoms with van der Waals surface area (Å²) < 4.78 is 33.4. The van der Waals surface area contributed by atoms with Crippen LogP contribution < -0.4 is 15.6 Å². The largest absolute Gasteiger partial charge is 0.476 e. The molecule has 43 heavy (non-hydrogen) atoms. The van der Waals surface area contributed by atoms with Crippen LogP contribution in [0.25, 0.3) is 33.6 Å². The first-order valence-corrected chi connectivity index (χ1v) is 15.0. The highest BCUT2D eigenvalue weighted by Gasteiger charge is 2.27. The van der Waals surface area contributed by atoms with Crippen LogP contribution in [0.1, 0.15) is 48.8 Å². The lowest BCUT2D eigenvalue weighted by molar-refractivity contribution is 0.0735. The SMILES string of the molecule is CCOc1ncc(Cl)cc1-n1c(C=C(C)C)c(C(=O)N2CCNCC2)cc(-c2nc(-c3ccc(C(F)F)cc3)cs2)c1=O. The molecule has 1 saturated heterocycles. The standard InChI is InChI=1S/C31H30ClF2N5O3S/c1-4-42-28-26(14-21(32)16-36-28)39-25(13-18(2)3)22(30(40)38-11-9-35-10-12-38)15-23(31(39)41)29-37-24(17-43-29)19-5-7-20(8-6-19)27(33)34/h5-8,13-17,27,35H,4,9-12H2,1-3H3. The Morgan fingerprint density at radius 2 is 1.91 bits per heavy atom. The van der Waals surface area contributed by atoms with Crippen LogP contribution in [0.5, 0.6) is 5.88 Å². The smallest absolute Gasteiger partial charge is 0.266 e. The average Bonchev–Trinajstić information content (AvgIpc) is 3.48. The zero-order valence-electron chi connectivity index (χ0n) is 23.9. The summed E-state index contributed by atoms with van der Waals surface area (Å²) in [5.74, 6) is -0.0367. The van der Waals surface area contributed by atoms with Gasteiger partial charge in [0.2, 0.25) is 5.88 Å². The van der Waals surface area contributed by atoms with Crippen LogP contribution in [0.3, 0.4) is 0 Å². The number of piperazine rings is 1. The second-order valence-electron chi connectivity index (χ2n) is 10.1. The number of allylic oxidation sites excluding steroid dienone is 1. The van der Waals surface area contributed by atoms with Crippen molar-refractivity contribution >= 4 is 34.9 Å². The second-order valence-corrected chi connectivity index (χ2v) is 11.4. The van der Waals surface area contributed by atoms with Crippen LogP contribution in [0.2, 0.25) is 5.02 Å². The molecule has 0 unspecified atom stereocenters. The number of alkyl halides is 2. The van der Waals surface area contributed by atoms with Gasteiger partial charge in [-0.3, -0.25) is 14.2 Å². The topological polar surface area (TPSA) is 89.3 Å². The van der Waals surface area contributed by atoms with Crippen LogP contribution in [-0.4, -0.2) is 58.1 Å². The van der Waals surface area contributed by atoms with E-state index in [1.165, 1.54) is 34.2 Å². The third-order valence-corrected chi connectivity index (χ3v) is 7.90. The number of hydrogen-bond donors (Lipinski definition) is 1. The molecule has 4 heterocycles. The average molecular weight is 626 g/mol. The van der Waals surface area contributed by atoms with Gasteiger partial charge in [0.1, 0.15) is 10.7 Å². The highest BCUT2D eigenvalue weighted by molar-refractivity contribution is 7.13. The van der Waals surface area contributed by atoms with Crippen LogP contribution >= 0.6 is 22.9 Å². The van der Waals surface area contributed by atoms with E-state index in [0.717, 1.165) is 5.57 Å². The highest BCUT2D eigenvalue weighted by Crippen LogP contribution is 2.33. The molecule has 1 fully saturated rings. The lowest BCUT2D eigenvalue weighted by Crippen LogP contribution is -2.47. The van der Waals surface area contributed by atoms with Crippen molar-refractivity contribution < 1.29 is 18.3 Å². The van der Waals surface area contributed by atoms with Crippen LogP contribution in [0.4, 0.5) is 8.78 Å². The summed E-state index contributed by atoms with van der Waals surface area (Å²) in [6.45, 7) is 8.20. The van der Waals surface area contributed by atoms with E-state index >= 15 is 0 Å². The summed E-state index contributed by atoms with van der Waals surface area (Å²) in [5, 5.41) is 5.67. The summed E-state index contributed by atoms with van der Waals surface area (Å²) in [6, 6.07) is 9.03. The van der Waals surface area contributed by atoms with E-state index in [2.05, 4.69) is 10.3 Å². The van der Waals surface area contributed by atoms with E-state index in [4.69, 9.17) is 21.3 Å². The molecule has 3 aromatic heterocycles. The van der Waals surface area contributed by atoms with Gasteiger partial charge in [0.15, 0.2) is 0 Å². The number of rotatable bonds is 8. The summed E-state index contributed by atoms with van der Waals surface area (Å²) in [6.07, 6.45) is 0.645. The van der Waals surface area contributed by atoms with Gasteiger partial charge >= 0.3 is 0 Å². The number of hydrogen-bond acceptors (Lipinski definition) is 7. The van der Waals surface area contributed by atoms with Gasteiger partial charge in [0.05, 0.1) is 34.1 Å². The number of benzene rings is 1. The number of carbonyl (C=O) groups excluding carboxylic acids is 1. The Hall–Kier alpha value is -3.93. The van der Waals surface area contributed by atoms with Crippen LogP contribution in [-0.2, 0) is 0 Å². The molecular weight excluding hydrogens is 596 g/mol. The van der Waals surface area contributed by atoms with E-state index in [9.17, 15) is 18.4 Å². The minimum atomic E-state index is -2.58. The van der Waals surface area contributed by atoms with Crippen molar-refractivity contribution in [3.8, 4) is 33.4 Å². The van der Waals surface area contributed by atoms with Crippen LogP contribution in [0, 0.1) is 0 Å². The number of nitrogens with one attached hydrogen (secondary N) is 1. The molecule has 0 atom stereocenters. The molecule has 5 rings (SSSR count). The Bertz CT molecular complexity index is 1730. The summed E-state index contributed by atoms with van der Waals surface area (Å²) in [7, 11) is 0. The molecule has 1 amide bonds. The third kappa shape index (κ3) is 6.53. The normalized spacial score (nSPS) is 13.3. The Balaban J connectivity index is 1.76. The molecule has 0 bridgehead atoms. The first-order chi connectivity index (χ1) is 20.7. The van der Waals surface area contributed by atoms with Crippen molar-refractivity contribution in [2.45, 2.75) is 27.2 Å². The number of amides is 1. The van der Waals surface area contributed by atoms with E-state index in [0.29, 0.717) is 66.0 Å². The highest BCUT2D eigenvalue weighted by atomic mass is 35.5. The van der Waals surface area contributed by atoms with Crippen molar-refractivity contribution in [1.29, 1.82) is 0 Å². The van der Waals surface area contributed by atoms with Gasteiger partial charge < -0.3 is 15.0 Å². The first-order valence-electron chi connectivity index (χ1n) is 13.8. The molecule has 0 radical (unpaired) electrons. The minimum Gasteiger partial charge on any atom is -0.476 e. The quantitative estimate of drug-likeness (QED) is 0.241. The summed E-state index contributed by atoms with van der Waals surface area (Å²) in [5.41, 5.74) is 2.68. The Morgan fingerprint density at radius 1 is 1.19 bits per heavy atom. The number of thiazole rings is 1. The fourth-order valence-corrected chi connectivity index (χ4v) is 5.79. The maximum absolute atomic E-state index is 14.4. The second kappa shape index (κ2) is 13.2. The van der Waals surface area contributed by atoms with E-state index in [-0.39, 0.29) is 27.9 Å². The van der Waals surface area contributed by atoms with Gasteiger partial charge in [0, 0.05) is 48.9 Å². The van der Waals surface area contributed by atoms with Gasteiger partial charge in [-0.2, -0.15) is 0 Å². The van der Waals surface area contributed by atoms with E-state index in [1.54, 1.807) is 47.5 Å². The molecule has 4 aromatic rings. The number of nitrogens with zero attached hydrogens (tertiary/aromatic N) is 4. The molecule has 1 aromatic carbocycles. The number of pyridine rings is 2. The minimum absolute atomic E-state index is 0.0896. The molecule has 0 aliphatic carbocycles. The summed E-state index contributed by atoms with van der Waals surface area (Å²) in [4.78, 5) is 39.3. The molecule has 0 saturated carbocycles. The van der Waals surface area contributed by atoms with Crippen LogP contribution in [0.15, 0.2) is 58.3 Å². The molecule has 1 aliphatic rings. The number of ether oxygens (including phenoxy) is 1. The molecule has 1 aliphatic heterocycles.